The van der Waals surface area contributed by atoms with Gasteiger partial charge in [0.25, 0.3) is 6.71 Å². The van der Waals surface area contributed by atoms with E-state index < -0.39 is 0 Å². The normalized spacial score (nSPS) is 12.7. The molecule has 0 atom stereocenters. The van der Waals surface area contributed by atoms with E-state index in [1.165, 1.54) is 22.1 Å². The molecule has 0 fully saturated rings. The number of benzene rings is 5. The topological polar surface area (TPSA) is 18.5 Å². The Bertz CT molecular complexity index is 1450. The summed E-state index contributed by atoms with van der Waals surface area (Å²) in [5, 5.41) is 0. The van der Waals surface area contributed by atoms with Gasteiger partial charge in [0.05, 0.1) is 0 Å². The van der Waals surface area contributed by atoms with E-state index in [0.29, 0.717) is 0 Å². The van der Waals surface area contributed by atoms with Crippen LogP contribution >= 0.6 is 0 Å². The molecule has 0 saturated carbocycles. The first-order valence-electron chi connectivity index (χ1n) is 11.2. The molecule has 0 N–H and O–H groups in total. The van der Waals surface area contributed by atoms with Crippen LogP contribution in [0.3, 0.4) is 0 Å². The van der Waals surface area contributed by atoms with Gasteiger partial charge in [-0.2, -0.15) is 0 Å². The number of hydrogen-bond acceptors (Lipinski definition) is 2. The van der Waals surface area contributed by atoms with Crippen LogP contribution in [0, 0.1) is 0 Å². The molecule has 33 heavy (non-hydrogen) atoms. The monoisotopic (exact) mass is 422 g/mol. The molecule has 5 aromatic rings. The van der Waals surface area contributed by atoms with Gasteiger partial charge in [-0.25, -0.2) is 0 Å². The Labute approximate surface area is 193 Å². The molecule has 0 radical (unpaired) electrons. The van der Waals surface area contributed by atoms with E-state index in [1.54, 1.807) is 0 Å². The minimum atomic E-state index is 0.106. The first kappa shape index (κ1) is 18.3. The van der Waals surface area contributed by atoms with Crippen LogP contribution in [0.1, 0.15) is 0 Å². The third kappa shape index (κ3) is 2.90. The van der Waals surface area contributed by atoms with Crippen molar-refractivity contribution in [1.29, 1.82) is 0 Å². The molecule has 0 bridgehead atoms. The second-order valence-corrected chi connectivity index (χ2v) is 8.55. The summed E-state index contributed by atoms with van der Waals surface area (Å²) in [6.07, 6.45) is 0. The Kier molecular flexibility index (Phi) is 3.97. The Morgan fingerprint density at radius 1 is 0.394 bits per heavy atom. The van der Waals surface area contributed by atoms with E-state index in [9.17, 15) is 0 Å². The molecular weight excluding hydrogens is 403 g/mol. The van der Waals surface area contributed by atoms with E-state index in [0.717, 1.165) is 39.6 Å². The van der Waals surface area contributed by atoms with Crippen molar-refractivity contribution in [3.05, 3.63) is 115 Å². The minimum Gasteiger partial charge on any atom is -0.458 e. The highest BCUT2D eigenvalue weighted by molar-refractivity contribution is 6.98. The zero-order valence-corrected chi connectivity index (χ0v) is 17.9. The molecule has 0 unspecified atom stereocenters. The molecule has 7 rings (SSSR count). The molecule has 2 aliphatic rings. The van der Waals surface area contributed by atoms with E-state index in [1.807, 2.05) is 18.2 Å². The van der Waals surface area contributed by atoms with Crippen molar-refractivity contribution in [2.45, 2.75) is 0 Å². The highest BCUT2D eigenvalue weighted by Crippen LogP contribution is 2.38. The summed E-state index contributed by atoms with van der Waals surface area (Å²) in [4.78, 5) is 0. The molecule has 3 heteroatoms. The Morgan fingerprint density at radius 3 is 1.55 bits per heavy atom. The summed E-state index contributed by atoms with van der Waals surface area (Å²) >= 11 is 0. The van der Waals surface area contributed by atoms with Crippen molar-refractivity contribution in [3.8, 4) is 45.3 Å². The number of hydrogen-bond donors (Lipinski definition) is 0. The van der Waals surface area contributed by atoms with Crippen molar-refractivity contribution in [2.75, 3.05) is 0 Å². The molecule has 2 nitrogen and oxygen atoms in total. The van der Waals surface area contributed by atoms with Crippen LogP contribution < -0.4 is 25.9 Å². The fourth-order valence-corrected chi connectivity index (χ4v) is 5.07. The van der Waals surface area contributed by atoms with Crippen molar-refractivity contribution >= 4 is 23.1 Å². The van der Waals surface area contributed by atoms with Crippen molar-refractivity contribution in [1.82, 2.24) is 0 Å². The van der Waals surface area contributed by atoms with Gasteiger partial charge in [0.15, 0.2) is 0 Å². The fourth-order valence-electron chi connectivity index (χ4n) is 5.07. The maximum absolute atomic E-state index is 6.44. The third-order valence-corrected chi connectivity index (χ3v) is 6.60. The number of fused-ring (bicyclic) bond motifs is 4. The lowest BCUT2D eigenvalue weighted by molar-refractivity contribution is 0.465. The Morgan fingerprint density at radius 2 is 0.909 bits per heavy atom. The van der Waals surface area contributed by atoms with Crippen LogP contribution in [-0.4, -0.2) is 6.71 Å². The maximum atomic E-state index is 6.44. The van der Waals surface area contributed by atoms with Gasteiger partial charge in [-0.15, -0.1) is 0 Å². The molecule has 2 aliphatic heterocycles. The van der Waals surface area contributed by atoms with Gasteiger partial charge >= 0.3 is 0 Å². The molecule has 5 aromatic carbocycles. The standard InChI is InChI=1S/C30H19BO2/c1-2-9-20(10-3-1)21-11-8-12-22(17-21)23-18-28-30-29(19-23)33-27-16-7-5-14-25(27)31(30)24-13-4-6-15-26(24)32-28/h1-19H. The van der Waals surface area contributed by atoms with E-state index in [2.05, 4.69) is 97.1 Å². The smallest absolute Gasteiger partial charge is 0.260 e. The predicted molar refractivity (Wildman–Crippen MR) is 135 cm³/mol. The lowest BCUT2D eigenvalue weighted by Crippen LogP contribution is -2.57. The van der Waals surface area contributed by atoms with Crippen LogP contribution in [0.2, 0.25) is 0 Å². The van der Waals surface area contributed by atoms with Crippen molar-refractivity contribution in [3.63, 3.8) is 0 Å². The summed E-state index contributed by atoms with van der Waals surface area (Å²) in [7, 11) is 0. The molecule has 0 saturated heterocycles. The van der Waals surface area contributed by atoms with Gasteiger partial charge in [0, 0.05) is 5.46 Å². The van der Waals surface area contributed by atoms with Crippen LogP contribution in [0.4, 0.5) is 0 Å². The molecule has 0 aliphatic carbocycles. The van der Waals surface area contributed by atoms with Gasteiger partial charge in [-0.05, 0) is 63.5 Å². The molecule has 2 heterocycles. The Balaban J connectivity index is 1.42. The summed E-state index contributed by atoms with van der Waals surface area (Å²) in [5.41, 5.74) is 8.08. The molecule has 0 aromatic heterocycles. The molecule has 154 valence electrons. The summed E-state index contributed by atoms with van der Waals surface area (Å²) in [6, 6.07) is 40.1. The van der Waals surface area contributed by atoms with Gasteiger partial charge in [-0.1, -0.05) is 84.9 Å². The average Bonchev–Trinajstić information content (AvgIpc) is 2.89. The van der Waals surface area contributed by atoms with Crippen LogP contribution in [0.25, 0.3) is 22.3 Å². The number of rotatable bonds is 2. The zero-order valence-electron chi connectivity index (χ0n) is 17.9. The van der Waals surface area contributed by atoms with E-state index in [-0.39, 0.29) is 6.71 Å². The predicted octanol–water partition coefficient (Wildman–Crippen LogP) is 5.75. The van der Waals surface area contributed by atoms with Crippen LogP contribution in [-0.2, 0) is 0 Å². The highest BCUT2D eigenvalue weighted by atomic mass is 16.5. The average molecular weight is 422 g/mol. The zero-order chi connectivity index (χ0) is 21.8. The second-order valence-electron chi connectivity index (χ2n) is 8.55. The van der Waals surface area contributed by atoms with Crippen molar-refractivity contribution < 1.29 is 9.47 Å². The molecular formula is C30H19BO2. The largest absolute Gasteiger partial charge is 0.458 e. The number of para-hydroxylation sites is 2. The summed E-state index contributed by atoms with van der Waals surface area (Å²) < 4.78 is 12.9. The quantitative estimate of drug-likeness (QED) is 0.331. The second kappa shape index (κ2) is 7.14. The summed E-state index contributed by atoms with van der Waals surface area (Å²) in [6.45, 7) is 0.106. The fraction of sp³-hybridized carbons (Fsp3) is 0. The molecule has 0 amide bonds. The van der Waals surface area contributed by atoms with E-state index in [4.69, 9.17) is 9.47 Å². The summed E-state index contributed by atoms with van der Waals surface area (Å²) in [5.74, 6) is 3.55. The SMILES string of the molecule is c1ccc(-c2cccc(-c3cc4c5c(c3)Oc3ccccc3B5c3ccccc3O4)c2)cc1. The van der Waals surface area contributed by atoms with Gasteiger partial charge < -0.3 is 9.47 Å². The van der Waals surface area contributed by atoms with Gasteiger partial charge in [0.2, 0.25) is 0 Å². The first-order chi connectivity index (χ1) is 16.3. The third-order valence-electron chi connectivity index (χ3n) is 6.60. The van der Waals surface area contributed by atoms with Crippen LogP contribution in [0.15, 0.2) is 115 Å². The van der Waals surface area contributed by atoms with Gasteiger partial charge in [0.1, 0.15) is 23.0 Å². The van der Waals surface area contributed by atoms with E-state index >= 15 is 0 Å². The van der Waals surface area contributed by atoms with Crippen molar-refractivity contribution in [2.24, 2.45) is 0 Å². The Hall–Kier alpha value is -4.24. The lowest BCUT2D eigenvalue weighted by Gasteiger charge is -2.33. The molecule has 0 spiro atoms. The highest BCUT2D eigenvalue weighted by Gasteiger charge is 2.40. The minimum absolute atomic E-state index is 0.106. The lowest BCUT2D eigenvalue weighted by atomic mass is 9.35. The van der Waals surface area contributed by atoms with Crippen LogP contribution in [0.5, 0.6) is 23.0 Å². The maximum Gasteiger partial charge on any atom is 0.260 e. The first-order valence-corrected chi connectivity index (χ1v) is 11.2. The number of ether oxygens (including phenoxy) is 2. The van der Waals surface area contributed by atoms with Gasteiger partial charge in [-0.3, -0.25) is 0 Å².